The van der Waals surface area contributed by atoms with Gasteiger partial charge in [-0.15, -0.1) is 11.6 Å². The molecule has 0 aliphatic heterocycles. The zero-order valence-electron chi connectivity index (χ0n) is 10.1. The maximum Gasteiger partial charge on any atom is 0.410 e. The summed E-state index contributed by atoms with van der Waals surface area (Å²) in [5.74, 6) is 0.488. The van der Waals surface area contributed by atoms with E-state index in [1.807, 2.05) is 33.8 Å². The predicted molar refractivity (Wildman–Crippen MR) is 63.3 cm³/mol. The van der Waals surface area contributed by atoms with Crippen molar-refractivity contribution in [2.24, 2.45) is 0 Å². The van der Waals surface area contributed by atoms with E-state index in [0.29, 0.717) is 12.4 Å². The molecule has 0 N–H and O–H groups in total. The van der Waals surface area contributed by atoms with Crippen molar-refractivity contribution < 1.29 is 9.53 Å². The number of carbonyl (C=O) groups is 1. The fourth-order valence-corrected chi connectivity index (χ4v) is 0.871. The molecule has 0 aliphatic rings. The van der Waals surface area contributed by atoms with Crippen LogP contribution in [0.15, 0.2) is 11.6 Å². The van der Waals surface area contributed by atoms with Crippen LogP contribution in [0.5, 0.6) is 0 Å². The molecule has 0 aromatic carbocycles. The minimum atomic E-state index is -0.448. The van der Waals surface area contributed by atoms with Gasteiger partial charge in [0.15, 0.2) is 0 Å². The van der Waals surface area contributed by atoms with Gasteiger partial charge < -0.3 is 9.64 Å². The summed E-state index contributed by atoms with van der Waals surface area (Å²) < 4.78 is 5.19. The highest BCUT2D eigenvalue weighted by atomic mass is 35.5. The van der Waals surface area contributed by atoms with E-state index < -0.39 is 5.60 Å². The van der Waals surface area contributed by atoms with Crippen LogP contribution < -0.4 is 0 Å². The summed E-state index contributed by atoms with van der Waals surface area (Å²) in [5.41, 5.74) is 0.600. The van der Waals surface area contributed by atoms with E-state index in [9.17, 15) is 4.79 Å². The number of nitrogens with zero attached hydrogens (tertiary/aromatic N) is 1. The lowest BCUT2D eigenvalue weighted by Gasteiger charge is -2.24. The van der Waals surface area contributed by atoms with Gasteiger partial charge in [-0.3, -0.25) is 0 Å². The fourth-order valence-electron chi connectivity index (χ4n) is 0.762. The Kier molecular flexibility index (Phi) is 5.73. The van der Waals surface area contributed by atoms with Crippen molar-refractivity contribution in [3.05, 3.63) is 11.6 Å². The zero-order chi connectivity index (χ0) is 12.1. The molecule has 0 rings (SSSR count). The number of rotatable bonds is 3. The summed E-state index contributed by atoms with van der Waals surface area (Å²) >= 11 is 5.62. The van der Waals surface area contributed by atoms with E-state index in [1.165, 1.54) is 4.90 Å². The summed E-state index contributed by atoms with van der Waals surface area (Å²) in [7, 11) is 1.70. The highest BCUT2D eigenvalue weighted by Gasteiger charge is 2.18. The van der Waals surface area contributed by atoms with Gasteiger partial charge >= 0.3 is 6.09 Å². The molecule has 0 saturated heterocycles. The van der Waals surface area contributed by atoms with Gasteiger partial charge in [-0.1, -0.05) is 11.6 Å². The topological polar surface area (TPSA) is 29.5 Å². The number of carbonyl (C=O) groups excluding carboxylic acids is 1. The van der Waals surface area contributed by atoms with Crippen LogP contribution in [-0.4, -0.2) is 36.1 Å². The molecule has 0 heterocycles. The van der Waals surface area contributed by atoms with Crippen molar-refractivity contribution >= 4 is 17.7 Å². The van der Waals surface area contributed by atoms with Gasteiger partial charge in [0.05, 0.1) is 0 Å². The summed E-state index contributed by atoms with van der Waals surface area (Å²) in [6, 6.07) is 0. The Morgan fingerprint density at radius 2 is 2.00 bits per heavy atom. The van der Waals surface area contributed by atoms with Crippen LogP contribution in [-0.2, 0) is 4.74 Å². The zero-order valence-corrected chi connectivity index (χ0v) is 10.9. The van der Waals surface area contributed by atoms with Crippen LogP contribution in [0.1, 0.15) is 27.7 Å². The summed E-state index contributed by atoms with van der Waals surface area (Å²) in [6.07, 6.45) is 1.60. The minimum absolute atomic E-state index is 0.318. The standard InChI is InChI=1S/C11H20ClNO2/c1-9(8-12)6-7-13(5)10(14)15-11(2,3)4/h6H,7-8H2,1-5H3/b9-6-. The van der Waals surface area contributed by atoms with Crippen LogP contribution in [0.2, 0.25) is 0 Å². The number of hydrogen-bond donors (Lipinski definition) is 0. The van der Waals surface area contributed by atoms with E-state index in [0.717, 1.165) is 5.57 Å². The lowest BCUT2D eigenvalue weighted by atomic mass is 10.2. The van der Waals surface area contributed by atoms with E-state index in [1.54, 1.807) is 7.05 Å². The average molecular weight is 234 g/mol. The third kappa shape index (κ3) is 7.25. The van der Waals surface area contributed by atoms with Gasteiger partial charge in [0.1, 0.15) is 5.60 Å². The highest BCUT2D eigenvalue weighted by Crippen LogP contribution is 2.09. The number of allylic oxidation sites excluding steroid dienone is 1. The molecule has 0 fully saturated rings. The number of halogens is 1. The lowest BCUT2D eigenvalue weighted by molar-refractivity contribution is 0.0317. The normalized spacial score (nSPS) is 12.5. The molecule has 0 radical (unpaired) electrons. The highest BCUT2D eigenvalue weighted by molar-refractivity contribution is 6.19. The maximum atomic E-state index is 11.5. The van der Waals surface area contributed by atoms with Crippen molar-refractivity contribution in [2.45, 2.75) is 33.3 Å². The number of amides is 1. The Hall–Kier alpha value is -0.700. The molecule has 4 heteroatoms. The van der Waals surface area contributed by atoms with E-state index in [4.69, 9.17) is 16.3 Å². The second-order valence-corrected chi connectivity index (χ2v) is 4.81. The predicted octanol–water partition coefficient (Wildman–Crippen LogP) is 3.04. The van der Waals surface area contributed by atoms with Crippen molar-refractivity contribution in [3.8, 4) is 0 Å². The number of ether oxygens (including phenoxy) is 1. The molecule has 0 aromatic rings. The molecule has 3 nitrogen and oxygen atoms in total. The van der Waals surface area contributed by atoms with Gasteiger partial charge in [-0.05, 0) is 27.7 Å². The van der Waals surface area contributed by atoms with E-state index >= 15 is 0 Å². The molecule has 0 spiro atoms. The quantitative estimate of drug-likeness (QED) is 0.554. The van der Waals surface area contributed by atoms with Crippen LogP contribution >= 0.6 is 11.6 Å². The Morgan fingerprint density at radius 3 is 2.40 bits per heavy atom. The second kappa shape index (κ2) is 6.01. The van der Waals surface area contributed by atoms with Crippen molar-refractivity contribution in [1.82, 2.24) is 4.90 Å². The molecular weight excluding hydrogens is 214 g/mol. The van der Waals surface area contributed by atoms with Gasteiger partial charge in [0.25, 0.3) is 0 Å². The van der Waals surface area contributed by atoms with E-state index in [-0.39, 0.29) is 6.09 Å². The van der Waals surface area contributed by atoms with Gasteiger partial charge in [0, 0.05) is 19.5 Å². The number of hydrogen-bond acceptors (Lipinski definition) is 2. The molecule has 88 valence electrons. The molecule has 0 unspecified atom stereocenters. The third-order valence-corrected chi connectivity index (χ3v) is 2.05. The molecule has 0 aliphatic carbocycles. The number of likely N-dealkylation sites (N-methyl/N-ethyl adjacent to an activating group) is 1. The Balaban J connectivity index is 4.11. The smallest absolute Gasteiger partial charge is 0.410 e. The summed E-state index contributed by atoms with van der Waals surface area (Å²) in [4.78, 5) is 13.0. The SMILES string of the molecule is C/C(=C/CN(C)C(=O)OC(C)(C)C)CCl. The lowest BCUT2D eigenvalue weighted by Crippen LogP contribution is -2.34. The largest absolute Gasteiger partial charge is 0.444 e. The molecule has 15 heavy (non-hydrogen) atoms. The van der Waals surface area contributed by atoms with Crippen LogP contribution in [0.4, 0.5) is 4.79 Å². The fraction of sp³-hybridized carbons (Fsp3) is 0.727. The summed E-state index contributed by atoms with van der Waals surface area (Å²) in [6.45, 7) is 7.99. The first-order valence-electron chi connectivity index (χ1n) is 4.92. The molecule has 1 amide bonds. The Labute approximate surface area is 97.0 Å². The number of alkyl halides is 1. The average Bonchev–Trinajstić information content (AvgIpc) is 2.10. The van der Waals surface area contributed by atoms with Crippen molar-refractivity contribution in [1.29, 1.82) is 0 Å². The first-order valence-corrected chi connectivity index (χ1v) is 5.45. The van der Waals surface area contributed by atoms with Gasteiger partial charge in [-0.25, -0.2) is 4.79 Å². The van der Waals surface area contributed by atoms with Crippen LogP contribution in [0.3, 0.4) is 0 Å². The van der Waals surface area contributed by atoms with Crippen LogP contribution in [0, 0.1) is 0 Å². The molecule has 0 bridgehead atoms. The first kappa shape index (κ1) is 14.3. The maximum absolute atomic E-state index is 11.5. The molecular formula is C11H20ClNO2. The Morgan fingerprint density at radius 1 is 1.47 bits per heavy atom. The van der Waals surface area contributed by atoms with E-state index in [2.05, 4.69) is 0 Å². The monoisotopic (exact) mass is 233 g/mol. The molecule has 0 atom stereocenters. The Bertz CT molecular complexity index is 243. The summed E-state index contributed by atoms with van der Waals surface area (Å²) in [5, 5.41) is 0. The minimum Gasteiger partial charge on any atom is -0.444 e. The third-order valence-electron chi connectivity index (χ3n) is 1.63. The van der Waals surface area contributed by atoms with Crippen LogP contribution in [0.25, 0.3) is 0 Å². The molecule has 0 saturated carbocycles. The van der Waals surface area contributed by atoms with Crippen molar-refractivity contribution in [2.75, 3.05) is 19.5 Å². The van der Waals surface area contributed by atoms with Gasteiger partial charge in [-0.2, -0.15) is 0 Å². The second-order valence-electron chi connectivity index (χ2n) is 4.54. The first-order chi connectivity index (χ1) is 6.76. The molecule has 0 aromatic heterocycles. The van der Waals surface area contributed by atoms with Crippen molar-refractivity contribution in [3.63, 3.8) is 0 Å². The van der Waals surface area contributed by atoms with Gasteiger partial charge in [0.2, 0.25) is 0 Å².